The van der Waals surface area contributed by atoms with Crippen LogP contribution in [0.3, 0.4) is 0 Å². The van der Waals surface area contributed by atoms with E-state index < -0.39 is 11.9 Å². The van der Waals surface area contributed by atoms with E-state index in [1.54, 1.807) is 19.1 Å². The molecule has 0 saturated heterocycles. The highest BCUT2D eigenvalue weighted by Crippen LogP contribution is 2.36. The predicted octanol–water partition coefficient (Wildman–Crippen LogP) is 4.34. The van der Waals surface area contributed by atoms with E-state index in [1.165, 1.54) is 13.2 Å². The number of H-pyrrole nitrogens is 1. The zero-order valence-electron chi connectivity index (χ0n) is 16.7. The third kappa shape index (κ3) is 5.91. The molecule has 2 aromatic carbocycles. The number of rotatable bonds is 9. The monoisotopic (exact) mass is 554 g/mol. The number of methoxy groups -OCH3 is 1. The normalized spacial score (nSPS) is 11.4. The van der Waals surface area contributed by atoms with Gasteiger partial charge in [-0.05, 0) is 77.2 Å². The Morgan fingerprint density at radius 1 is 1.29 bits per heavy atom. The number of nitrogens with zero attached hydrogens (tertiary/aromatic N) is 1. The Morgan fingerprint density at radius 3 is 2.74 bits per heavy atom. The number of carboxylic acid groups (broad SMARTS) is 1. The first-order valence-electron chi connectivity index (χ1n) is 9.14. The number of carboxylic acids is 1. The molecule has 0 fully saturated rings. The molecule has 0 amide bonds. The molecule has 0 bridgehead atoms. The summed E-state index contributed by atoms with van der Waals surface area (Å²) in [5, 5.41) is 10.2. The molecule has 0 aliphatic carbocycles. The lowest BCUT2D eigenvalue weighted by molar-refractivity contribution is -0.145. The highest BCUT2D eigenvalue weighted by atomic mass is 127. The second-order valence-electron chi connectivity index (χ2n) is 6.10. The fourth-order valence-corrected chi connectivity index (χ4v) is 4.24. The molecule has 0 saturated carbocycles. The molecule has 0 atom stereocenters. The number of aromatic nitrogens is 2. The van der Waals surface area contributed by atoms with Gasteiger partial charge in [0.15, 0.2) is 23.3 Å². The summed E-state index contributed by atoms with van der Waals surface area (Å²) in [5.74, 6) is -0.808. The number of nitrogens with one attached hydrogen (secondary N) is 1. The summed E-state index contributed by atoms with van der Waals surface area (Å²) in [6.07, 6.45) is 1.53. The summed E-state index contributed by atoms with van der Waals surface area (Å²) in [7, 11) is 1.47. The fraction of sp³-hybridized carbons (Fsp3) is 0.190. The molecule has 162 valence electrons. The van der Waals surface area contributed by atoms with Gasteiger partial charge in [-0.25, -0.2) is 14.6 Å². The number of para-hydroxylation sites is 2. The van der Waals surface area contributed by atoms with Gasteiger partial charge in [-0.1, -0.05) is 12.1 Å². The molecule has 3 aromatic rings. The van der Waals surface area contributed by atoms with E-state index in [0.29, 0.717) is 25.8 Å². The van der Waals surface area contributed by atoms with Crippen LogP contribution in [0.5, 0.6) is 11.5 Å². The largest absolute Gasteiger partial charge is 0.493 e. The van der Waals surface area contributed by atoms with Crippen LogP contribution in [0.1, 0.15) is 12.5 Å². The lowest BCUT2D eigenvalue weighted by Crippen LogP contribution is -2.15. The summed E-state index contributed by atoms with van der Waals surface area (Å²) in [4.78, 5) is 31.0. The van der Waals surface area contributed by atoms with Crippen molar-refractivity contribution in [1.29, 1.82) is 0 Å². The van der Waals surface area contributed by atoms with E-state index in [9.17, 15) is 14.7 Å². The first-order valence-corrected chi connectivity index (χ1v) is 11.0. The van der Waals surface area contributed by atoms with Gasteiger partial charge in [0.05, 0.1) is 28.3 Å². The SMILES string of the molecule is CCOC(=O)COc1c(I)cc(/C=C(\Sc2nc3ccccc3[nH]2)C(=O)O)cc1OC. The number of imidazole rings is 1. The maximum absolute atomic E-state index is 11.8. The second kappa shape index (κ2) is 10.5. The lowest BCUT2D eigenvalue weighted by atomic mass is 10.2. The minimum Gasteiger partial charge on any atom is -0.493 e. The number of hydrogen-bond acceptors (Lipinski definition) is 7. The van der Waals surface area contributed by atoms with Crippen LogP contribution in [-0.2, 0) is 14.3 Å². The van der Waals surface area contributed by atoms with Crippen molar-refractivity contribution in [2.75, 3.05) is 20.3 Å². The van der Waals surface area contributed by atoms with Crippen molar-refractivity contribution >= 4 is 63.4 Å². The van der Waals surface area contributed by atoms with Crippen LogP contribution < -0.4 is 9.47 Å². The Labute approximate surface area is 196 Å². The molecule has 0 aliphatic heterocycles. The van der Waals surface area contributed by atoms with Crippen molar-refractivity contribution in [3.05, 3.63) is 50.4 Å². The van der Waals surface area contributed by atoms with Crippen LogP contribution in [0.25, 0.3) is 17.1 Å². The predicted molar refractivity (Wildman–Crippen MR) is 125 cm³/mol. The van der Waals surface area contributed by atoms with Crippen molar-refractivity contribution in [3.8, 4) is 11.5 Å². The van der Waals surface area contributed by atoms with Gasteiger partial charge in [-0.3, -0.25) is 0 Å². The van der Waals surface area contributed by atoms with Crippen LogP contribution in [0.15, 0.2) is 46.5 Å². The zero-order chi connectivity index (χ0) is 22.4. The van der Waals surface area contributed by atoms with E-state index in [-0.39, 0.29) is 18.1 Å². The topological polar surface area (TPSA) is 111 Å². The summed E-state index contributed by atoms with van der Waals surface area (Å²) < 4.78 is 16.4. The van der Waals surface area contributed by atoms with Crippen molar-refractivity contribution in [2.24, 2.45) is 0 Å². The van der Waals surface area contributed by atoms with E-state index in [1.807, 2.05) is 46.9 Å². The number of ether oxygens (including phenoxy) is 3. The van der Waals surface area contributed by atoms with Gasteiger partial charge in [0.1, 0.15) is 4.91 Å². The average Bonchev–Trinajstić information content (AvgIpc) is 3.14. The smallest absolute Gasteiger partial charge is 0.344 e. The minimum atomic E-state index is -1.08. The van der Waals surface area contributed by atoms with E-state index in [0.717, 1.165) is 22.8 Å². The van der Waals surface area contributed by atoms with Crippen LogP contribution in [0.2, 0.25) is 0 Å². The molecule has 3 rings (SSSR count). The number of carbonyl (C=O) groups excluding carboxylic acids is 1. The summed E-state index contributed by atoms with van der Waals surface area (Å²) >= 11 is 3.06. The lowest BCUT2D eigenvalue weighted by Gasteiger charge is -2.13. The number of esters is 1. The third-order valence-electron chi connectivity index (χ3n) is 3.97. The average molecular weight is 554 g/mol. The number of thioether (sulfide) groups is 1. The maximum atomic E-state index is 11.8. The van der Waals surface area contributed by atoms with E-state index in [2.05, 4.69) is 9.97 Å². The number of carbonyl (C=O) groups is 2. The van der Waals surface area contributed by atoms with Gasteiger partial charge in [0.25, 0.3) is 0 Å². The molecule has 0 spiro atoms. The Bertz CT molecular complexity index is 1110. The molecule has 1 aromatic heterocycles. The number of halogens is 1. The first-order chi connectivity index (χ1) is 14.9. The Hall–Kier alpha value is -2.73. The van der Waals surface area contributed by atoms with Crippen molar-refractivity contribution < 1.29 is 28.9 Å². The summed E-state index contributed by atoms with van der Waals surface area (Å²) in [6.45, 7) is 1.73. The molecule has 0 radical (unpaired) electrons. The number of aliphatic carboxylic acids is 1. The van der Waals surface area contributed by atoms with Gasteiger partial charge in [-0.2, -0.15) is 0 Å². The molecule has 1 heterocycles. The van der Waals surface area contributed by atoms with Crippen LogP contribution >= 0.6 is 34.4 Å². The quantitative estimate of drug-likeness (QED) is 0.174. The van der Waals surface area contributed by atoms with E-state index in [4.69, 9.17) is 14.2 Å². The molecule has 10 heteroatoms. The number of hydrogen-bond donors (Lipinski definition) is 2. The fourth-order valence-electron chi connectivity index (χ4n) is 2.67. The minimum absolute atomic E-state index is 0.0806. The number of fused-ring (bicyclic) bond motifs is 1. The molecular formula is C21H19IN2O6S. The Balaban J connectivity index is 1.87. The molecule has 8 nitrogen and oxygen atoms in total. The van der Waals surface area contributed by atoms with Gasteiger partial charge in [-0.15, -0.1) is 0 Å². The van der Waals surface area contributed by atoms with Crippen LogP contribution in [0, 0.1) is 3.57 Å². The maximum Gasteiger partial charge on any atom is 0.344 e. The van der Waals surface area contributed by atoms with Gasteiger partial charge < -0.3 is 24.3 Å². The number of aromatic amines is 1. The molecule has 31 heavy (non-hydrogen) atoms. The highest BCUT2D eigenvalue weighted by molar-refractivity contribution is 14.1. The van der Waals surface area contributed by atoms with Crippen molar-refractivity contribution in [2.45, 2.75) is 12.1 Å². The van der Waals surface area contributed by atoms with Gasteiger partial charge >= 0.3 is 11.9 Å². The van der Waals surface area contributed by atoms with Crippen molar-refractivity contribution in [1.82, 2.24) is 9.97 Å². The zero-order valence-corrected chi connectivity index (χ0v) is 19.7. The van der Waals surface area contributed by atoms with Gasteiger partial charge in [0.2, 0.25) is 0 Å². The van der Waals surface area contributed by atoms with Gasteiger partial charge in [0, 0.05) is 0 Å². The standard InChI is InChI=1S/C21H19IN2O6S/c1-3-29-18(25)11-30-19-13(22)8-12(9-16(19)28-2)10-17(20(26)27)31-21-23-14-6-4-5-7-15(14)24-21/h4-10H,3,11H2,1-2H3,(H,23,24)(H,26,27)/b17-10-. The van der Waals surface area contributed by atoms with Crippen LogP contribution in [-0.4, -0.2) is 47.3 Å². The Kier molecular flexibility index (Phi) is 7.80. The summed E-state index contributed by atoms with van der Waals surface area (Å²) in [5.41, 5.74) is 2.19. The molecule has 2 N–H and O–H groups in total. The molecule has 0 aliphatic rings. The number of benzene rings is 2. The third-order valence-corrected chi connectivity index (χ3v) is 5.67. The molecule has 0 unspecified atom stereocenters. The second-order valence-corrected chi connectivity index (χ2v) is 8.30. The van der Waals surface area contributed by atoms with E-state index >= 15 is 0 Å². The first kappa shape index (κ1) is 22.9. The highest BCUT2D eigenvalue weighted by Gasteiger charge is 2.17. The molecular weight excluding hydrogens is 535 g/mol. The Morgan fingerprint density at radius 2 is 2.06 bits per heavy atom. The summed E-state index contributed by atoms with van der Waals surface area (Å²) in [6, 6.07) is 10.9. The van der Waals surface area contributed by atoms with Crippen molar-refractivity contribution in [3.63, 3.8) is 0 Å². The van der Waals surface area contributed by atoms with Crippen LogP contribution in [0.4, 0.5) is 0 Å².